The molecule has 1 saturated carbocycles. The standard InChI is InChI=1S/C20H33N/c1-6-21-20(18-11-9-7-8-10-12-18)19-16(4)14(2)13-15(3)17(19)5/h13,18,20-21H,6-12H2,1-5H3. The van der Waals surface area contributed by atoms with Crippen LogP contribution in [0.2, 0.25) is 0 Å². The number of aryl methyl sites for hydroxylation is 2. The van der Waals surface area contributed by atoms with Crippen LogP contribution in [-0.4, -0.2) is 6.54 Å². The molecule has 0 spiro atoms. The van der Waals surface area contributed by atoms with Gasteiger partial charge in [0.25, 0.3) is 0 Å². The second-order valence-electron chi connectivity index (χ2n) is 6.96. The van der Waals surface area contributed by atoms with Gasteiger partial charge in [-0.25, -0.2) is 0 Å². The van der Waals surface area contributed by atoms with Gasteiger partial charge in [-0.2, -0.15) is 0 Å². The van der Waals surface area contributed by atoms with E-state index in [0.29, 0.717) is 6.04 Å². The Labute approximate surface area is 131 Å². The monoisotopic (exact) mass is 287 g/mol. The second-order valence-corrected chi connectivity index (χ2v) is 6.96. The van der Waals surface area contributed by atoms with Gasteiger partial charge in [-0.15, -0.1) is 0 Å². The van der Waals surface area contributed by atoms with Gasteiger partial charge in [0.05, 0.1) is 0 Å². The number of hydrogen-bond donors (Lipinski definition) is 1. The maximum Gasteiger partial charge on any atom is 0.0354 e. The van der Waals surface area contributed by atoms with Crippen molar-refractivity contribution in [1.29, 1.82) is 0 Å². The molecule has 1 heteroatoms. The fourth-order valence-electron chi connectivity index (χ4n) is 4.08. The molecule has 1 atom stereocenters. The maximum atomic E-state index is 3.83. The minimum atomic E-state index is 0.548. The number of rotatable bonds is 4. The van der Waals surface area contributed by atoms with Crippen molar-refractivity contribution in [2.45, 2.75) is 79.2 Å². The van der Waals surface area contributed by atoms with Gasteiger partial charge in [0, 0.05) is 6.04 Å². The highest BCUT2D eigenvalue weighted by Crippen LogP contribution is 2.37. The zero-order valence-electron chi connectivity index (χ0n) is 14.7. The summed E-state index contributed by atoms with van der Waals surface area (Å²) in [5.74, 6) is 0.811. The fourth-order valence-corrected chi connectivity index (χ4v) is 4.08. The first-order valence-corrected chi connectivity index (χ1v) is 8.87. The lowest BCUT2D eigenvalue weighted by Gasteiger charge is -2.31. The SMILES string of the molecule is CCNC(c1c(C)c(C)cc(C)c1C)C1CCCCCC1. The van der Waals surface area contributed by atoms with E-state index in [0.717, 1.165) is 12.5 Å². The Kier molecular flexibility index (Phi) is 5.87. The first-order valence-electron chi connectivity index (χ1n) is 8.87. The lowest BCUT2D eigenvalue weighted by atomic mass is 9.81. The molecule has 2 rings (SSSR count). The predicted molar refractivity (Wildman–Crippen MR) is 93.0 cm³/mol. The molecule has 0 saturated heterocycles. The summed E-state index contributed by atoms with van der Waals surface area (Å²) in [5, 5.41) is 3.83. The molecule has 0 amide bonds. The minimum Gasteiger partial charge on any atom is -0.310 e. The second kappa shape index (κ2) is 7.45. The first kappa shape index (κ1) is 16.5. The molecule has 1 aliphatic rings. The van der Waals surface area contributed by atoms with Crippen LogP contribution in [0.3, 0.4) is 0 Å². The van der Waals surface area contributed by atoms with Crippen molar-refractivity contribution in [1.82, 2.24) is 5.32 Å². The van der Waals surface area contributed by atoms with Gasteiger partial charge in [0.15, 0.2) is 0 Å². The lowest BCUT2D eigenvalue weighted by molar-refractivity contribution is 0.328. The van der Waals surface area contributed by atoms with E-state index < -0.39 is 0 Å². The average molecular weight is 287 g/mol. The molecule has 0 aliphatic heterocycles. The van der Waals surface area contributed by atoms with E-state index in [2.05, 4.69) is 46.0 Å². The summed E-state index contributed by atoms with van der Waals surface area (Å²) >= 11 is 0. The van der Waals surface area contributed by atoms with Crippen molar-refractivity contribution in [2.75, 3.05) is 6.54 Å². The van der Waals surface area contributed by atoms with E-state index in [9.17, 15) is 0 Å². The van der Waals surface area contributed by atoms with Crippen molar-refractivity contribution < 1.29 is 0 Å². The highest BCUT2D eigenvalue weighted by atomic mass is 14.9. The maximum absolute atomic E-state index is 3.83. The van der Waals surface area contributed by atoms with E-state index in [1.165, 1.54) is 60.8 Å². The topological polar surface area (TPSA) is 12.0 Å². The van der Waals surface area contributed by atoms with Gasteiger partial charge >= 0.3 is 0 Å². The summed E-state index contributed by atoms with van der Waals surface area (Å²) in [5.41, 5.74) is 7.51. The molecule has 1 unspecified atom stereocenters. The Morgan fingerprint density at radius 2 is 1.48 bits per heavy atom. The minimum absolute atomic E-state index is 0.548. The average Bonchev–Trinajstić information content (AvgIpc) is 2.73. The van der Waals surface area contributed by atoms with Crippen LogP contribution in [0.25, 0.3) is 0 Å². The van der Waals surface area contributed by atoms with Crippen LogP contribution < -0.4 is 5.32 Å². The molecule has 1 aliphatic carbocycles. The number of benzene rings is 1. The predicted octanol–water partition coefficient (Wildman–Crippen LogP) is 5.54. The Morgan fingerprint density at radius 1 is 0.952 bits per heavy atom. The van der Waals surface area contributed by atoms with Crippen molar-refractivity contribution in [3.8, 4) is 0 Å². The Hall–Kier alpha value is -0.820. The summed E-state index contributed by atoms with van der Waals surface area (Å²) < 4.78 is 0. The summed E-state index contributed by atoms with van der Waals surface area (Å²) in [7, 11) is 0. The van der Waals surface area contributed by atoms with Gasteiger partial charge in [0.1, 0.15) is 0 Å². The number of hydrogen-bond acceptors (Lipinski definition) is 1. The number of nitrogens with one attached hydrogen (secondary N) is 1. The summed E-state index contributed by atoms with van der Waals surface area (Å²) in [6.07, 6.45) is 8.47. The molecule has 0 heterocycles. The third-order valence-corrected chi connectivity index (χ3v) is 5.53. The smallest absolute Gasteiger partial charge is 0.0354 e. The van der Waals surface area contributed by atoms with Gasteiger partial charge in [-0.05, 0) is 80.8 Å². The van der Waals surface area contributed by atoms with E-state index in [1.54, 1.807) is 5.56 Å². The van der Waals surface area contributed by atoms with Crippen LogP contribution in [0, 0.1) is 33.6 Å². The fraction of sp³-hybridized carbons (Fsp3) is 0.700. The van der Waals surface area contributed by atoms with E-state index >= 15 is 0 Å². The third kappa shape index (κ3) is 3.69. The Bertz CT molecular complexity index is 441. The molecule has 0 aromatic heterocycles. The van der Waals surface area contributed by atoms with Crippen LogP contribution >= 0.6 is 0 Å². The van der Waals surface area contributed by atoms with Crippen LogP contribution in [0.4, 0.5) is 0 Å². The molecule has 21 heavy (non-hydrogen) atoms. The van der Waals surface area contributed by atoms with E-state index in [4.69, 9.17) is 0 Å². The van der Waals surface area contributed by atoms with Crippen LogP contribution in [-0.2, 0) is 0 Å². The van der Waals surface area contributed by atoms with Crippen molar-refractivity contribution in [2.24, 2.45) is 5.92 Å². The Morgan fingerprint density at radius 3 is 1.95 bits per heavy atom. The molecule has 118 valence electrons. The lowest BCUT2D eigenvalue weighted by Crippen LogP contribution is -2.30. The van der Waals surface area contributed by atoms with Crippen molar-refractivity contribution >= 4 is 0 Å². The van der Waals surface area contributed by atoms with Crippen LogP contribution in [0.15, 0.2) is 6.07 Å². The highest BCUT2D eigenvalue weighted by molar-refractivity contribution is 5.46. The normalized spacial score (nSPS) is 18.5. The van der Waals surface area contributed by atoms with Crippen molar-refractivity contribution in [3.05, 3.63) is 33.9 Å². The van der Waals surface area contributed by atoms with Gasteiger partial charge in [-0.1, -0.05) is 38.7 Å². The molecule has 1 N–H and O–H groups in total. The first-order chi connectivity index (χ1) is 10.1. The van der Waals surface area contributed by atoms with E-state index in [-0.39, 0.29) is 0 Å². The summed E-state index contributed by atoms with van der Waals surface area (Å²) in [6.45, 7) is 12.5. The molecule has 0 bridgehead atoms. The summed E-state index contributed by atoms with van der Waals surface area (Å²) in [4.78, 5) is 0. The third-order valence-electron chi connectivity index (χ3n) is 5.53. The zero-order chi connectivity index (χ0) is 15.4. The highest BCUT2D eigenvalue weighted by Gasteiger charge is 2.26. The van der Waals surface area contributed by atoms with Gasteiger partial charge in [-0.3, -0.25) is 0 Å². The van der Waals surface area contributed by atoms with E-state index in [1.807, 2.05) is 0 Å². The Balaban J connectivity index is 2.42. The molecular weight excluding hydrogens is 254 g/mol. The summed E-state index contributed by atoms with van der Waals surface area (Å²) in [6, 6.07) is 2.90. The molecule has 1 aromatic rings. The quantitative estimate of drug-likeness (QED) is 0.717. The van der Waals surface area contributed by atoms with Crippen LogP contribution in [0.5, 0.6) is 0 Å². The van der Waals surface area contributed by atoms with Gasteiger partial charge in [0.2, 0.25) is 0 Å². The van der Waals surface area contributed by atoms with Gasteiger partial charge < -0.3 is 5.32 Å². The van der Waals surface area contributed by atoms with Crippen LogP contribution in [0.1, 0.15) is 79.3 Å². The largest absolute Gasteiger partial charge is 0.310 e. The molecule has 1 aromatic carbocycles. The molecule has 1 nitrogen and oxygen atoms in total. The molecule has 1 fully saturated rings. The molecule has 0 radical (unpaired) electrons. The molecular formula is C20H33N. The zero-order valence-corrected chi connectivity index (χ0v) is 14.7. The van der Waals surface area contributed by atoms with Crippen molar-refractivity contribution in [3.63, 3.8) is 0 Å².